The Labute approximate surface area is 128 Å². The van der Waals surface area contributed by atoms with Gasteiger partial charge in [-0.15, -0.1) is 0 Å². The molecule has 1 aliphatic rings. The molecule has 0 saturated carbocycles. The predicted molar refractivity (Wildman–Crippen MR) is 85.7 cm³/mol. The number of rotatable bonds is 5. The van der Waals surface area contributed by atoms with Gasteiger partial charge in [0.05, 0.1) is 4.90 Å². The van der Waals surface area contributed by atoms with Crippen LogP contribution in [0.4, 0.5) is 0 Å². The van der Waals surface area contributed by atoms with E-state index in [2.05, 4.69) is 12.2 Å². The number of nitrogens with zero attached hydrogens (tertiary/aromatic N) is 1. The van der Waals surface area contributed by atoms with Crippen LogP contribution in [0, 0.1) is 12.8 Å². The first-order chi connectivity index (χ1) is 10.0. The Kier molecular flexibility index (Phi) is 5.41. The lowest BCUT2D eigenvalue weighted by atomic mass is 9.97. The maximum atomic E-state index is 12.9. The first-order valence-electron chi connectivity index (χ1n) is 7.74. The zero-order valence-electron chi connectivity index (χ0n) is 13.2. The van der Waals surface area contributed by atoms with E-state index in [1.807, 2.05) is 26.1 Å². The zero-order valence-corrected chi connectivity index (χ0v) is 14.0. The van der Waals surface area contributed by atoms with E-state index < -0.39 is 10.0 Å². The molecule has 1 aromatic rings. The molecule has 5 heteroatoms. The monoisotopic (exact) mass is 310 g/mol. The first kappa shape index (κ1) is 16.5. The highest BCUT2D eigenvalue weighted by molar-refractivity contribution is 7.89. The average Bonchev–Trinajstić information content (AvgIpc) is 2.49. The maximum Gasteiger partial charge on any atom is 0.243 e. The Hall–Kier alpha value is -0.910. The summed E-state index contributed by atoms with van der Waals surface area (Å²) in [4.78, 5) is 0.465. The molecule has 0 aromatic heterocycles. The average molecular weight is 310 g/mol. The number of benzene rings is 1. The van der Waals surface area contributed by atoms with Gasteiger partial charge in [-0.2, -0.15) is 4.31 Å². The van der Waals surface area contributed by atoms with Crippen LogP contribution in [0.1, 0.15) is 37.3 Å². The second kappa shape index (κ2) is 6.90. The lowest BCUT2D eigenvalue weighted by Crippen LogP contribution is -2.40. The molecule has 1 aromatic carbocycles. The van der Waals surface area contributed by atoms with Gasteiger partial charge in [-0.05, 0) is 49.9 Å². The molecule has 1 aliphatic heterocycles. The number of hydrogen-bond acceptors (Lipinski definition) is 3. The maximum absolute atomic E-state index is 12.9. The Morgan fingerprint density at radius 2 is 2.14 bits per heavy atom. The van der Waals surface area contributed by atoms with Crippen LogP contribution in [0.15, 0.2) is 23.1 Å². The second-order valence-electron chi connectivity index (χ2n) is 5.85. The van der Waals surface area contributed by atoms with E-state index in [-0.39, 0.29) is 0 Å². The van der Waals surface area contributed by atoms with Crippen LogP contribution in [-0.4, -0.2) is 32.9 Å². The van der Waals surface area contributed by atoms with Crippen LogP contribution in [0.2, 0.25) is 0 Å². The van der Waals surface area contributed by atoms with E-state index in [1.165, 1.54) is 0 Å². The molecule has 1 unspecified atom stereocenters. The Bertz CT molecular complexity index is 584. The van der Waals surface area contributed by atoms with Crippen molar-refractivity contribution in [1.82, 2.24) is 9.62 Å². The Morgan fingerprint density at radius 3 is 2.81 bits per heavy atom. The quantitative estimate of drug-likeness (QED) is 0.909. The van der Waals surface area contributed by atoms with Crippen LogP contribution in [-0.2, 0) is 16.6 Å². The summed E-state index contributed by atoms with van der Waals surface area (Å²) >= 11 is 0. The van der Waals surface area contributed by atoms with Gasteiger partial charge in [0.25, 0.3) is 0 Å². The summed E-state index contributed by atoms with van der Waals surface area (Å²) in [5.41, 5.74) is 1.91. The molecule has 1 saturated heterocycles. The van der Waals surface area contributed by atoms with Gasteiger partial charge in [-0.25, -0.2) is 8.42 Å². The molecule has 0 amide bonds. The SMILES string of the molecule is CCC1CCCN(S(=O)(=O)c2cccc(CNC)c2C)C1. The second-order valence-corrected chi connectivity index (χ2v) is 7.76. The molecule has 0 spiro atoms. The molecule has 1 N–H and O–H groups in total. The van der Waals surface area contributed by atoms with Crippen molar-refractivity contribution in [2.45, 2.75) is 44.6 Å². The molecule has 2 rings (SSSR count). The minimum Gasteiger partial charge on any atom is -0.316 e. The molecule has 21 heavy (non-hydrogen) atoms. The van der Waals surface area contributed by atoms with Gasteiger partial charge < -0.3 is 5.32 Å². The molecular weight excluding hydrogens is 284 g/mol. The third-order valence-corrected chi connectivity index (χ3v) is 6.45. The van der Waals surface area contributed by atoms with Crippen molar-refractivity contribution < 1.29 is 8.42 Å². The number of hydrogen-bond donors (Lipinski definition) is 1. The zero-order chi connectivity index (χ0) is 15.5. The molecule has 118 valence electrons. The number of sulfonamides is 1. The highest BCUT2D eigenvalue weighted by atomic mass is 32.2. The minimum atomic E-state index is -3.37. The summed E-state index contributed by atoms with van der Waals surface area (Å²) in [5, 5.41) is 3.09. The summed E-state index contributed by atoms with van der Waals surface area (Å²) in [6, 6.07) is 5.56. The van der Waals surface area contributed by atoms with Gasteiger partial charge in [-0.3, -0.25) is 0 Å². The van der Waals surface area contributed by atoms with Gasteiger partial charge in [-0.1, -0.05) is 25.5 Å². The van der Waals surface area contributed by atoms with Gasteiger partial charge >= 0.3 is 0 Å². The van der Waals surface area contributed by atoms with Crippen molar-refractivity contribution in [3.05, 3.63) is 29.3 Å². The van der Waals surface area contributed by atoms with Crippen molar-refractivity contribution in [2.24, 2.45) is 5.92 Å². The highest BCUT2D eigenvalue weighted by Gasteiger charge is 2.30. The molecular formula is C16H26N2O2S. The molecule has 1 fully saturated rings. The van der Waals surface area contributed by atoms with Gasteiger partial charge in [0, 0.05) is 19.6 Å². The van der Waals surface area contributed by atoms with Gasteiger partial charge in [0.2, 0.25) is 10.0 Å². The minimum absolute atomic E-state index is 0.465. The molecule has 1 heterocycles. The van der Waals surface area contributed by atoms with Crippen LogP contribution in [0.5, 0.6) is 0 Å². The van der Waals surface area contributed by atoms with Crippen LogP contribution >= 0.6 is 0 Å². The molecule has 4 nitrogen and oxygen atoms in total. The van der Waals surface area contributed by atoms with Crippen molar-refractivity contribution in [3.8, 4) is 0 Å². The van der Waals surface area contributed by atoms with Crippen molar-refractivity contribution in [2.75, 3.05) is 20.1 Å². The van der Waals surface area contributed by atoms with Crippen LogP contribution < -0.4 is 5.32 Å². The normalized spacial score (nSPS) is 20.6. The highest BCUT2D eigenvalue weighted by Crippen LogP contribution is 2.28. The third kappa shape index (κ3) is 3.47. The van der Waals surface area contributed by atoms with E-state index in [0.29, 0.717) is 30.4 Å². The van der Waals surface area contributed by atoms with E-state index in [1.54, 1.807) is 10.4 Å². The predicted octanol–water partition coefficient (Wildman–Crippen LogP) is 2.53. The lowest BCUT2D eigenvalue weighted by Gasteiger charge is -2.32. The van der Waals surface area contributed by atoms with Crippen LogP contribution in [0.25, 0.3) is 0 Å². The smallest absolute Gasteiger partial charge is 0.243 e. The van der Waals surface area contributed by atoms with Gasteiger partial charge in [0.1, 0.15) is 0 Å². The standard InChI is InChI=1S/C16H26N2O2S/c1-4-14-7-6-10-18(12-14)21(19,20)16-9-5-8-15(11-17-3)13(16)2/h5,8-9,14,17H,4,6-7,10-12H2,1-3H3. The number of piperidine rings is 1. The largest absolute Gasteiger partial charge is 0.316 e. The first-order valence-corrected chi connectivity index (χ1v) is 9.18. The van der Waals surface area contributed by atoms with Crippen molar-refractivity contribution in [1.29, 1.82) is 0 Å². The molecule has 1 atom stereocenters. The summed E-state index contributed by atoms with van der Waals surface area (Å²) in [7, 11) is -1.50. The van der Waals surface area contributed by atoms with E-state index >= 15 is 0 Å². The fourth-order valence-electron chi connectivity index (χ4n) is 3.04. The van der Waals surface area contributed by atoms with Crippen LogP contribution in [0.3, 0.4) is 0 Å². The topological polar surface area (TPSA) is 49.4 Å². The summed E-state index contributed by atoms with van der Waals surface area (Å²) in [6.07, 6.45) is 3.15. The fraction of sp³-hybridized carbons (Fsp3) is 0.625. The fourth-order valence-corrected chi connectivity index (χ4v) is 4.86. The van der Waals surface area contributed by atoms with E-state index in [9.17, 15) is 8.42 Å². The molecule has 0 bridgehead atoms. The summed E-state index contributed by atoms with van der Waals surface area (Å²) in [5.74, 6) is 0.495. The third-order valence-electron chi connectivity index (χ3n) is 4.44. The lowest BCUT2D eigenvalue weighted by molar-refractivity contribution is 0.261. The van der Waals surface area contributed by atoms with Gasteiger partial charge in [0.15, 0.2) is 0 Å². The number of nitrogens with one attached hydrogen (secondary N) is 1. The molecule has 0 radical (unpaired) electrons. The van der Waals surface area contributed by atoms with E-state index in [4.69, 9.17) is 0 Å². The van der Waals surface area contributed by atoms with Crippen molar-refractivity contribution >= 4 is 10.0 Å². The summed E-state index contributed by atoms with van der Waals surface area (Å²) < 4.78 is 27.5. The molecule has 0 aliphatic carbocycles. The van der Waals surface area contributed by atoms with Crippen molar-refractivity contribution in [3.63, 3.8) is 0 Å². The Morgan fingerprint density at radius 1 is 1.38 bits per heavy atom. The Balaban J connectivity index is 2.33. The summed E-state index contributed by atoms with van der Waals surface area (Å²) in [6.45, 7) is 6.04. The van der Waals surface area contributed by atoms with E-state index in [0.717, 1.165) is 30.4 Å².